The maximum atomic E-state index is 12.3. The van der Waals surface area contributed by atoms with Crippen LogP contribution >= 0.6 is 23.5 Å². The molecule has 1 aliphatic rings. The number of hydrogen-bond acceptors (Lipinski definition) is 11. The molecule has 1 saturated heterocycles. The lowest BCUT2D eigenvalue weighted by molar-refractivity contribution is -0.0826. The molecule has 0 aromatic carbocycles. The number of aliphatic hydroxyl groups excluding tert-OH is 2. The number of unbranched alkanes of at least 4 members (excludes halogenated alkanes) is 1. The molecule has 192 valence electrons. The zero-order valence-electron chi connectivity index (χ0n) is 17.0. The molecule has 2 unspecified atom stereocenters. The van der Waals surface area contributed by atoms with Gasteiger partial charge in [0.2, 0.25) is 5.72 Å². The molecule has 1 aromatic heterocycles. The first kappa shape index (κ1) is 28.8. The Morgan fingerprint density at radius 2 is 1.85 bits per heavy atom. The summed E-state index contributed by atoms with van der Waals surface area (Å²) >= 11 is 0. The van der Waals surface area contributed by atoms with E-state index in [0.29, 0.717) is 0 Å². The van der Waals surface area contributed by atoms with Crippen molar-refractivity contribution < 1.29 is 61.4 Å². The minimum atomic E-state index is -5.74. The van der Waals surface area contributed by atoms with Crippen LogP contribution in [0, 0.1) is 11.8 Å². The van der Waals surface area contributed by atoms with Crippen molar-refractivity contribution in [1.82, 2.24) is 9.55 Å². The van der Waals surface area contributed by atoms with Gasteiger partial charge in [0, 0.05) is 31.7 Å². The zero-order valence-corrected chi connectivity index (χ0v) is 19.7. The Labute approximate surface area is 190 Å². The molecule has 1 aliphatic heterocycles. The van der Waals surface area contributed by atoms with E-state index in [1.807, 2.05) is 4.98 Å². The highest BCUT2D eigenvalue weighted by molar-refractivity contribution is 7.66. The number of aromatic amines is 1. The molecule has 7 N–H and O–H groups in total. The lowest BCUT2D eigenvalue weighted by atomic mass is 10.1. The molecule has 1 fully saturated rings. The first-order chi connectivity index (χ1) is 15.6. The summed E-state index contributed by atoms with van der Waals surface area (Å²) in [5.74, 6) is 5.26. The molecule has 0 radical (unpaired) electrons. The summed E-state index contributed by atoms with van der Waals surface area (Å²) in [6, 6.07) is 0.980. The smallest absolute Gasteiger partial charge is 0.396 e. The quantitative estimate of drug-likeness (QED) is 0.0988. The van der Waals surface area contributed by atoms with Crippen LogP contribution in [0.5, 0.6) is 0 Å². The van der Waals surface area contributed by atoms with E-state index < -0.39 is 65.7 Å². The predicted octanol–water partition coefficient (Wildman–Crippen LogP) is -1.54. The van der Waals surface area contributed by atoms with Crippen molar-refractivity contribution in [3.63, 3.8) is 0 Å². The van der Waals surface area contributed by atoms with Crippen molar-refractivity contribution in [2.45, 2.75) is 37.2 Å². The van der Waals surface area contributed by atoms with Crippen LogP contribution in [0.2, 0.25) is 0 Å². The van der Waals surface area contributed by atoms with Gasteiger partial charge in [-0.2, -0.15) is 8.62 Å². The SMILES string of the molecule is O=c1ccn([C@@]2(C#CCCCO)C[C@H](O)[C@@H](COP(=O)(O)OP(=O)(O)OP(=O)(O)O)O2)c(=O)[nH]1. The lowest BCUT2D eigenvalue weighted by Crippen LogP contribution is -2.43. The Balaban J connectivity index is 2.23. The number of phosphoric acid groups is 3. The Morgan fingerprint density at radius 1 is 1.18 bits per heavy atom. The minimum absolute atomic E-state index is 0.169. The van der Waals surface area contributed by atoms with Gasteiger partial charge in [0.05, 0.1) is 12.7 Å². The van der Waals surface area contributed by atoms with Crippen LogP contribution < -0.4 is 11.2 Å². The highest BCUT2D eigenvalue weighted by Crippen LogP contribution is 2.66. The van der Waals surface area contributed by atoms with Gasteiger partial charge in [-0.1, -0.05) is 5.92 Å². The van der Waals surface area contributed by atoms with Crippen LogP contribution in [0.25, 0.3) is 0 Å². The lowest BCUT2D eigenvalue weighted by Gasteiger charge is -2.25. The average Bonchev–Trinajstić information content (AvgIpc) is 2.97. The second-order valence-corrected chi connectivity index (χ2v) is 11.1. The summed E-state index contributed by atoms with van der Waals surface area (Å²) in [7, 11) is -16.8. The molecule has 20 heteroatoms. The van der Waals surface area contributed by atoms with E-state index in [1.165, 1.54) is 0 Å². The summed E-state index contributed by atoms with van der Waals surface area (Å²) in [4.78, 5) is 61.5. The first-order valence-electron chi connectivity index (χ1n) is 9.16. The number of nitrogens with zero attached hydrogens (tertiary/aromatic N) is 1. The third-order valence-corrected chi connectivity index (χ3v) is 7.84. The number of aromatic nitrogens is 2. The van der Waals surface area contributed by atoms with E-state index in [2.05, 4.69) is 25.0 Å². The topological polar surface area (TPSA) is 264 Å². The van der Waals surface area contributed by atoms with Crippen LogP contribution in [0.4, 0.5) is 0 Å². The van der Waals surface area contributed by atoms with Crippen LogP contribution in [0.3, 0.4) is 0 Å². The largest absolute Gasteiger partial charge is 0.490 e. The van der Waals surface area contributed by atoms with Gasteiger partial charge < -0.3 is 34.5 Å². The zero-order chi connectivity index (χ0) is 25.8. The Hall–Kier alpha value is -1.47. The molecule has 34 heavy (non-hydrogen) atoms. The van der Waals surface area contributed by atoms with Crippen molar-refractivity contribution in [2.24, 2.45) is 0 Å². The van der Waals surface area contributed by atoms with Crippen molar-refractivity contribution >= 4 is 23.5 Å². The minimum Gasteiger partial charge on any atom is -0.396 e. The highest BCUT2D eigenvalue weighted by atomic mass is 31.3. The highest BCUT2D eigenvalue weighted by Gasteiger charge is 2.49. The van der Waals surface area contributed by atoms with Crippen molar-refractivity contribution in [2.75, 3.05) is 13.2 Å². The molecule has 2 heterocycles. The molecular weight excluding hydrogens is 529 g/mol. The van der Waals surface area contributed by atoms with Gasteiger partial charge in [-0.25, -0.2) is 18.5 Å². The first-order valence-corrected chi connectivity index (χ1v) is 13.7. The van der Waals surface area contributed by atoms with E-state index in [-0.39, 0.29) is 19.4 Å². The average molecular weight is 550 g/mol. The molecule has 2 rings (SSSR count). The second kappa shape index (κ2) is 11.1. The Kier molecular flexibility index (Phi) is 9.36. The molecule has 17 nitrogen and oxygen atoms in total. The normalized spacial score (nSPS) is 26.3. The number of ether oxygens (including phenoxy) is 1. The van der Waals surface area contributed by atoms with Gasteiger partial charge in [0.1, 0.15) is 6.10 Å². The summed E-state index contributed by atoms with van der Waals surface area (Å²) in [5, 5.41) is 19.3. The maximum Gasteiger partial charge on any atom is 0.490 e. The van der Waals surface area contributed by atoms with E-state index >= 15 is 0 Å². The van der Waals surface area contributed by atoms with E-state index in [1.54, 1.807) is 0 Å². The van der Waals surface area contributed by atoms with Crippen molar-refractivity contribution in [1.29, 1.82) is 0 Å². The van der Waals surface area contributed by atoms with Crippen LogP contribution in [0.15, 0.2) is 21.9 Å². The van der Waals surface area contributed by atoms with Crippen LogP contribution in [-0.4, -0.2) is 64.8 Å². The summed E-state index contributed by atoms with van der Waals surface area (Å²) in [6.45, 7) is -1.16. The standard InChI is InChI=1S/C14H21N2O15P3/c17-7-3-1-2-5-14(16-6-4-12(19)15-13(16)20)8-10(18)11(29-14)9-28-33(24,25)31-34(26,27)30-32(21,22)23/h4,6,10-11,17-18H,1,3,7-9H2,(H,24,25)(H,26,27)(H,15,19,20)(H2,21,22,23)/t10-,11+,14+/m0/s1. The fraction of sp³-hybridized carbons (Fsp3) is 0.571. The molecule has 0 bridgehead atoms. The third kappa shape index (κ3) is 8.33. The van der Waals surface area contributed by atoms with Gasteiger partial charge in [-0.3, -0.25) is 18.9 Å². The predicted molar refractivity (Wildman–Crippen MR) is 109 cm³/mol. The molecule has 0 saturated carbocycles. The molecular formula is C14H21N2O15P3. The van der Waals surface area contributed by atoms with Gasteiger partial charge in [-0.15, -0.1) is 0 Å². The fourth-order valence-corrected chi connectivity index (χ4v) is 5.80. The monoisotopic (exact) mass is 550 g/mol. The number of rotatable bonds is 10. The number of aliphatic hydroxyl groups is 2. The van der Waals surface area contributed by atoms with Crippen molar-refractivity contribution in [3.05, 3.63) is 33.1 Å². The number of hydrogen-bond donors (Lipinski definition) is 7. The summed E-state index contributed by atoms with van der Waals surface area (Å²) in [6.07, 6.45) is -1.87. The molecule has 1 aromatic rings. The van der Waals surface area contributed by atoms with Crippen LogP contribution in [-0.2, 0) is 37.3 Å². The van der Waals surface area contributed by atoms with Crippen molar-refractivity contribution in [3.8, 4) is 11.8 Å². The fourth-order valence-electron chi connectivity index (χ4n) is 2.77. The number of phosphoric ester groups is 1. The van der Waals surface area contributed by atoms with E-state index in [4.69, 9.17) is 19.6 Å². The number of nitrogens with one attached hydrogen (secondary N) is 1. The Morgan fingerprint density at radius 3 is 2.44 bits per heavy atom. The summed E-state index contributed by atoms with van der Waals surface area (Å²) < 4.78 is 52.1. The molecule has 5 atom stereocenters. The summed E-state index contributed by atoms with van der Waals surface area (Å²) in [5.41, 5.74) is -3.56. The van der Waals surface area contributed by atoms with E-state index in [0.717, 1.165) is 16.8 Å². The van der Waals surface area contributed by atoms with Crippen LogP contribution in [0.1, 0.15) is 19.3 Å². The molecule has 0 aliphatic carbocycles. The molecule has 0 amide bonds. The van der Waals surface area contributed by atoms with E-state index in [9.17, 15) is 38.2 Å². The number of H-pyrrole nitrogens is 1. The van der Waals surface area contributed by atoms with Gasteiger partial charge in [-0.05, 0) is 12.3 Å². The van der Waals surface area contributed by atoms with Gasteiger partial charge in [0.25, 0.3) is 5.56 Å². The van der Waals surface area contributed by atoms with Gasteiger partial charge in [0.15, 0.2) is 0 Å². The third-order valence-electron chi connectivity index (χ3n) is 4.04. The molecule has 0 spiro atoms. The maximum absolute atomic E-state index is 12.3. The Bertz CT molecular complexity index is 1190. The second-order valence-electron chi connectivity index (χ2n) is 6.71. The van der Waals surface area contributed by atoms with Gasteiger partial charge >= 0.3 is 29.2 Å².